The van der Waals surface area contributed by atoms with Crippen LogP contribution >= 0.6 is 23.2 Å². The molecule has 0 spiro atoms. The van der Waals surface area contributed by atoms with E-state index < -0.39 is 11.8 Å². The average Bonchev–Trinajstić information content (AvgIpc) is 3.06. The Morgan fingerprint density at radius 2 is 2.04 bits per heavy atom. The molecule has 0 aliphatic heterocycles. The van der Waals surface area contributed by atoms with Gasteiger partial charge in [-0.05, 0) is 31.2 Å². The number of furan rings is 1. The van der Waals surface area contributed by atoms with Crippen molar-refractivity contribution in [2.75, 3.05) is 0 Å². The fourth-order valence-corrected chi connectivity index (χ4v) is 2.24. The van der Waals surface area contributed by atoms with Crippen molar-refractivity contribution >= 4 is 40.7 Å². The third kappa shape index (κ3) is 4.50. The summed E-state index contributed by atoms with van der Waals surface area (Å²) in [7, 11) is 0. The first kappa shape index (κ1) is 17.8. The van der Waals surface area contributed by atoms with E-state index in [1.54, 1.807) is 12.1 Å². The highest BCUT2D eigenvalue weighted by molar-refractivity contribution is 6.36. The first-order valence-corrected chi connectivity index (χ1v) is 7.47. The maximum atomic E-state index is 11.7. The Morgan fingerprint density at radius 1 is 1.29 bits per heavy atom. The maximum absolute atomic E-state index is 11.7. The molecule has 2 aromatic rings. The van der Waals surface area contributed by atoms with Gasteiger partial charge in [0, 0.05) is 10.6 Å². The van der Waals surface area contributed by atoms with E-state index in [0.29, 0.717) is 10.8 Å². The molecule has 1 aromatic heterocycles. The molecule has 0 saturated heterocycles. The van der Waals surface area contributed by atoms with Gasteiger partial charge in [-0.2, -0.15) is 5.10 Å². The number of carbonyl (C=O) groups is 2. The molecule has 0 unspecified atom stereocenters. The quantitative estimate of drug-likeness (QED) is 0.437. The van der Waals surface area contributed by atoms with Crippen molar-refractivity contribution in [3.63, 3.8) is 0 Å². The largest absolute Gasteiger partial charge is 0.506 e. The van der Waals surface area contributed by atoms with E-state index in [4.69, 9.17) is 27.6 Å². The molecule has 0 fully saturated rings. The van der Waals surface area contributed by atoms with Crippen molar-refractivity contribution in [3.8, 4) is 5.75 Å². The van der Waals surface area contributed by atoms with Crippen LogP contribution < -0.4 is 10.7 Å². The maximum Gasteiger partial charge on any atom is 0.329 e. The van der Waals surface area contributed by atoms with Gasteiger partial charge in [0.15, 0.2) is 0 Å². The lowest BCUT2D eigenvalue weighted by Gasteiger charge is -2.07. The van der Waals surface area contributed by atoms with Crippen LogP contribution in [0.15, 0.2) is 40.0 Å². The van der Waals surface area contributed by atoms with Gasteiger partial charge in [-0.3, -0.25) is 9.59 Å². The number of nitrogens with one attached hydrogen (secondary N) is 2. The Balaban J connectivity index is 1.98. The number of benzene rings is 1. The Labute approximate surface area is 147 Å². The summed E-state index contributed by atoms with van der Waals surface area (Å²) in [5.41, 5.74) is 2.55. The predicted octanol–water partition coefficient (Wildman–Crippen LogP) is 2.45. The molecule has 0 aliphatic carbocycles. The molecular formula is C15H13Cl2N3O4. The Bertz CT molecular complexity index is 788. The second kappa shape index (κ2) is 7.85. The van der Waals surface area contributed by atoms with Gasteiger partial charge in [0.05, 0.1) is 23.5 Å². The normalized spacial score (nSPS) is 11.2. The molecule has 3 N–H and O–H groups in total. The number of rotatable bonds is 4. The number of carbonyl (C=O) groups excluding carboxylic acids is 2. The molecule has 0 saturated carbocycles. The number of nitrogens with zero attached hydrogens (tertiary/aromatic N) is 1. The molecule has 0 bridgehead atoms. The minimum atomic E-state index is -0.964. The van der Waals surface area contributed by atoms with Gasteiger partial charge in [0.1, 0.15) is 11.5 Å². The molecule has 126 valence electrons. The highest BCUT2D eigenvalue weighted by Gasteiger charge is 2.15. The molecule has 1 heterocycles. The zero-order valence-corrected chi connectivity index (χ0v) is 14.0. The van der Waals surface area contributed by atoms with Gasteiger partial charge in [-0.25, -0.2) is 5.43 Å². The van der Waals surface area contributed by atoms with Crippen molar-refractivity contribution in [2.24, 2.45) is 5.10 Å². The minimum absolute atomic E-state index is 0.0505. The van der Waals surface area contributed by atoms with E-state index in [-0.39, 0.29) is 28.6 Å². The third-order valence-electron chi connectivity index (χ3n) is 2.95. The molecule has 0 aliphatic rings. The lowest BCUT2D eigenvalue weighted by molar-refractivity contribution is -0.139. The molecule has 0 atom stereocenters. The minimum Gasteiger partial charge on any atom is -0.506 e. The fraction of sp³-hybridized carbons (Fsp3) is 0.133. The number of phenolic OH excluding ortho intramolecular Hbond substituents is 1. The summed E-state index contributed by atoms with van der Waals surface area (Å²) in [5, 5.41) is 16.4. The molecule has 9 heteroatoms. The summed E-state index contributed by atoms with van der Waals surface area (Å²) >= 11 is 11.7. The van der Waals surface area contributed by atoms with Crippen molar-refractivity contribution in [1.29, 1.82) is 0 Å². The summed E-state index contributed by atoms with van der Waals surface area (Å²) in [6, 6.07) is 6.13. The first-order valence-electron chi connectivity index (χ1n) is 6.71. The molecule has 0 radical (unpaired) electrons. The van der Waals surface area contributed by atoms with Gasteiger partial charge in [0.2, 0.25) is 0 Å². The number of aromatic hydroxyl groups is 1. The van der Waals surface area contributed by atoms with E-state index in [9.17, 15) is 14.7 Å². The highest BCUT2D eigenvalue weighted by atomic mass is 35.5. The van der Waals surface area contributed by atoms with Gasteiger partial charge in [-0.1, -0.05) is 23.2 Å². The van der Waals surface area contributed by atoms with Crippen molar-refractivity contribution < 1.29 is 19.1 Å². The van der Waals surface area contributed by atoms with Crippen molar-refractivity contribution in [3.05, 3.63) is 51.9 Å². The Hall–Kier alpha value is -2.51. The van der Waals surface area contributed by atoms with Gasteiger partial charge < -0.3 is 14.8 Å². The Morgan fingerprint density at radius 3 is 2.71 bits per heavy atom. The zero-order chi connectivity index (χ0) is 17.7. The number of hydrogen-bond donors (Lipinski definition) is 3. The first-order chi connectivity index (χ1) is 11.4. The summed E-state index contributed by atoms with van der Waals surface area (Å²) in [6.07, 6.45) is 1.46. The molecule has 2 rings (SSSR count). The zero-order valence-electron chi connectivity index (χ0n) is 12.5. The van der Waals surface area contributed by atoms with Gasteiger partial charge >= 0.3 is 11.8 Å². The van der Waals surface area contributed by atoms with Crippen molar-refractivity contribution in [2.45, 2.75) is 13.5 Å². The van der Waals surface area contributed by atoms with Crippen LogP contribution in [0.4, 0.5) is 0 Å². The van der Waals surface area contributed by atoms with Crippen LogP contribution in [-0.4, -0.2) is 22.6 Å². The van der Waals surface area contributed by atoms with E-state index in [1.165, 1.54) is 25.3 Å². The van der Waals surface area contributed by atoms with Crippen molar-refractivity contribution in [1.82, 2.24) is 10.7 Å². The summed E-state index contributed by atoms with van der Waals surface area (Å²) in [4.78, 5) is 23.3. The monoisotopic (exact) mass is 369 g/mol. The average molecular weight is 370 g/mol. The lowest BCUT2D eigenvalue weighted by Crippen LogP contribution is -2.37. The van der Waals surface area contributed by atoms with Crippen LogP contribution in [0.1, 0.15) is 18.2 Å². The smallest absolute Gasteiger partial charge is 0.329 e. The molecule has 7 nitrogen and oxygen atoms in total. The van der Waals surface area contributed by atoms with Crippen LogP contribution in [0.25, 0.3) is 0 Å². The SMILES string of the molecule is C/C(=N\NC(=O)C(=O)NCc1ccco1)c1cc(Cl)cc(Cl)c1O. The number of hydrazone groups is 1. The summed E-state index contributed by atoms with van der Waals surface area (Å²) in [5.74, 6) is -1.56. The lowest BCUT2D eigenvalue weighted by atomic mass is 10.1. The van der Waals surface area contributed by atoms with E-state index in [2.05, 4.69) is 15.8 Å². The van der Waals surface area contributed by atoms with Crippen LogP contribution in [0.2, 0.25) is 10.0 Å². The highest BCUT2D eigenvalue weighted by Crippen LogP contribution is 2.31. The third-order valence-corrected chi connectivity index (χ3v) is 3.46. The van der Waals surface area contributed by atoms with Gasteiger partial charge in [0.25, 0.3) is 0 Å². The van der Waals surface area contributed by atoms with Crippen LogP contribution in [0, 0.1) is 0 Å². The molecule has 2 amide bonds. The van der Waals surface area contributed by atoms with Crippen LogP contribution in [0.3, 0.4) is 0 Å². The van der Waals surface area contributed by atoms with Crippen LogP contribution in [0.5, 0.6) is 5.75 Å². The number of phenols is 1. The molecular weight excluding hydrogens is 357 g/mol. The van der Waals surface area contributed by atoms with Crippen LogP contribution in [-0.2, 0) is 16.1 Å². The van der Waals surface area contributed by atoms with E-state index in [1.807, 2.05) is 0 Å². The van der Waals surface area contributed by atoms with Gasteiger partial charge in [-0.15, -0.1) is 0 Å². The predicted molar refractivity (Wildman–Crippen MR) is 89.0 cm³/mol. The fourth-order valence-electron chi connectivity index (χ4n) is 1.75. The summed E-state index contributed by atoms with van der Waals surface area (Å²) in [6.45, 7) is 1.59. The topological polar surface area (TPSA) is 104 Å². The molecule has 1 aromatic carbocycles. The second-order valence-corrected chi connectivity index (χ2v) is 5.53. The second-order valence-electron chi connectivity index (χ2n) is 4.68. The number of halogens is 2. The number of amides is 2. The summed E-state index contributed by atoms with van der Waals surface area (Å²) < 4.78 is 5.03. The van der Waals surface area contributed by atoms with E-state index >= 15 is 0 Å². The standard InChI is InChI=1S/C15H13Cl2N3O4/c1-8(11-5-9(16)6-12(17)13(11)21)19-20-15(23)14(22)18-7-10-3-2-4-24-10/h2-6,21H,7H2,1H3,(H,18,22)(H,20,23)/b19-8+. The Kier molecular flexibility index (Phi) is 5.83. The van der Waals surface area contributed by atoms with E-state index in [0.717, 1.165) is 0 Å². The number of hydrogen-bond acceptors (Lipinski definition) is 5. The molecule has 24 heavy (non-hydrogen) atoms.